The lowest BCUT2D eigenvalue weighted by Crippen LogP contribution is -2.28. The largest absolute Gasteiger partial charge is 0.321 e. The molecule has 0 spiro atoms. The predicted molar refractivity (Wildman–Crippen MR) is 119 cm³/mol. The van der Waals surface area contributed by atoms with Crippen LogP contribution in [0.2, 0.25) is 5.02 Å². The second kappa shape index (κ2) is 8.60. The molecule has 0 radical (unpaired) electrons. The van der Waals surface area contributed by atoms with Crippen molar-refractivity contribution in [1.82, 2.24) is 4.31 Å². The smallest absolute Gasteiger partial charge is 0.255 e. The maximum Gasteiger partial charge on any atom is 0.255 e. The normalized spacial score (nSPS) is 14.6. The number of rotatable bonds is 5. The molecule has 1 fully saturated rings. The minimum atomic E-state index is -3.73. The molecule has 1 amide bonds. The Hall–Kier alpha value is -2.67. The number of amides is 1. The molecule has 7 heteroatoms. The molecule has 0 unspecified atom stereocenters. The van der Waals surface area contributed by atoms with Crippen molar-refractivity contribution in [3.63, 3.8) is 0 Å². The lowest BCUT2D eigenvalue weighted by atomic mass is 10.0. The van der Waals surface area contributed by atoms with Gasteiger partial charge in [0.1, 0.15) is 4.90 Å². The van der Waals surface area contributed by atoms with E-state index in [4.69, 9.17) is 11.6 Å². The number of carbonyl (C=O) groups is 1. The summed E-state index contributed by atoms with van der Waals surface area (Å²) in [5, 5.41) is 3.02. The summed E-state index contributed by atoms with van der Waals surface area (Å²) in [5.41, 5.74) is 2.74. The van der Waals surface area contributed by atoms with E-state index in [2.05, 4.69) is 5.32 Å². The Bertz CT molecular complexity index is 1170. The molecule has 4 rings (SSSR count). The van der Waals surface area contributed by atoms with Crippen LogP contribution in [0.3, 0.4) is 0 Å². The molecule has 0 bridgehead atoms. The summed E-state index contributed by atoms with van der Waals surface area (Å²) in [7, 11) is -3.73. The SMILES string of the molecule is O=C(Nc1ccccc1-c1ccccc1)c1ccc(Cl)c(S(=O)(=O)N2CCCC2)c1. The fraction of sp³-hybridized carbons (Fsp3) is 0.174. The molecule has 0 aromatic heterocycles. The zero-order valence-electron chi connectivity index (χ0n) is 16.2. The van der Waals surface area contributed by atoms with Crippen LogP contribution in [0.15, 0.2) is 77.7 Å². The summed E-state index contributed by atoms with van der Waals surface area (Å²) in [6.45, 7) is 0.944. The summed E-state index contributed by atoms with van der Waals surface area (Å²) in [4.78, 5) is 12.9. The number of carbonyl (C=O) groups excluding carboxylic acids is 1. The molecule has 0 atom stereocenters. The van der Waals surface area contributed by atoms with E-state index in [0.717, 1.165) is 24.0 Å². The van der Waals surface area contributed by atoms with Gasteiger partial charge >= 0.3 is 0 Å². The van der Waals surface area contributed by atoms with Gasteiger partial charge in [-0.05, 0) is 42.7 Å². The predicted octanol–water partition coefficient (Wildman–Crippen LogP) is 5.04. The van der Waals surface area contributed by atoms with Gasteiger partial charge in [0, 0.05) is 29.9 Å². The summed E-state index contributed by atoms with van der Waals surface area (Å²) >= 11 is 6.19. The van der Waals surface area contributed by atoms with Gasteiger partial charge in [0.05, 0.1) is 5.02 Å². The number of sulfonamides is 1. The number of para-hydroxylation sites is 1. The first-order valence-corrected chi connectivity index (χ1v) is 11.5. The average molecular weight is 441 g/mol. The van der Waals surface area contributed by atoms with Crippen LogP contribution in [0.25, 0.3) is 11.1 Å². The molecular weight excluding hydrogens is 420 g/mol. The van der Waals surface area contributed by atoms with E-state index < -0.39 is 15.9 Å². The molecule has 3 aromatic carbocycles. The first-order valence-electron chi connectivity index (χ1n) is 9.72. The van der Waals surface area contributed by atoms with Crippen LogP contribution in [0.1, 0.15) is 23.2 Å². The van der Waals surface area contributed by atoms with Crippen molar-refractivity contribution in [3.8, 4) is 11.1 Å². The third kappa shape index (κ3) is 4.12. The van der Waals surface area contributed by atoms with Crippen LogP contribution < -0.4 is 5.32 Å². The lowest BCUT2D eigenvalue weighted by molar-refractivity contribution is 0.102. The Morgan fingerprint density at radius 1 is 0.900 bits per heavy atom. The van der Waals surface area contributed by atoms with E-state index in [1.54, 1.807) is 0 Å². The van der Waals surface area contributed by atoms with Gasteiger partial charge < -0.3 is 5.32 Å². The summed E-state index contributed by atoms with van der Waals surface area (Å²) in [5.74, 6) is -0.395. The van der Waals surface area contributed by atoms with E-state index in [0.29, 0.717) is 18.8 Å². The molecule has 3 aromatic rings. The van der Waals surface area contributed by atoms with Gasteiger partial charge in [-0.1, -0.05) is 60.1 Å². The molecule has 0 aliphatic carbocycles. The van der Waals surface area contributed by atoms with Gasteiger partial charge in [-0.25, -0.2) is 8.42 Å². The zero-order valence-corrected chi connectivity index (χ0v) is 17.8. The molecule has 1 heterocycles. The van der Waals surface area contributed by atoms with Crippen LogP contribution in [0.5, 0.6) is 0 Å². The van der Waals surface area contributed by atoms with Crippen molar-refractivity contribution in [2.45, 2.75) is 17.7 Å². The molecule has 30 heavy (non-hydrogen) atoms. The molecule has 0 saturated carbocycles. The summed E-state index contributed by atoms with van der Waals surface area (Å²) < 4.78 is 27.3. The Morgan fingerprint density at radius 2 is 1.57 bits per heavy atom. The molecule has 1 N–H and O–H groups in total. The number of nitrogens with one attached hydrogen (secondary N) is 1. The quantitative estimate of drug-likeness (QED) is 0.604. The lowest BCUT2D eigenvalue weighted by Gasteiger charge is -2.17. The van der Waals surface area contributed by atoms with E-state index in [9.17, 15) is 13.2 Å². The first-order chi connectivity index (χ1) is 14.5. The van der Waals surface area contributed by atoms with Crippen molar-refractivity contribution in [2.75, 3.05) is 18.4 Å². The van der Waals surface area contributed by atoms with E-state index >= 15 is 0 Å². The average Bonchev–Trinajstić information content (AvgIpc) is 3.31. The number of benzene rings is 3. The second-order valence-electron chi connectivity index (χ2n) is 7.12. The minimum Gasteiger partial charge on any atom is -0.321 e. The zero-order chi connectivity index (χ0) is 21.1. The fourth-order valence-corrected chi connectivity index (χ4v) is 5.58. The van der Waals surface area contributed by atoms with Gasteiger partial charge in [-0.15, -0.1) is 0 Å². The standard InChI is InChI=1S/C23H21ClN2O3S/c24-20-13-12-18(16-22(20)30(28,29)26-14-6-7-15-26)23(27)25-21-11-5-4-10-19(21)17-8-2-1-3-9-17/h1-5,8-13,16H,6-7,14-15H2,(H,25,27). The van der Waals surface area contributed by atoms with Crippen molar-refractivity contribution in [3.05, 3.63) is 83.4 Å². The second-order valence-corrected chi connectivity index (χ2v) is 9.44. The monoisotopic (exact) mass is 440 g/mol. The molecule has 1 aliphatic rings. The highest BCUT2D eigenvalue weighted by Gasteiger charge is 2.29. The van der Waals surface area contributed by atoms with Gasteiger partial charge in [0.2, 0.25) is 10.0 Å². The molecule has 1 saturated heterocycles. The van der Waals surface area contributed by atoms with Crippen molar-refractivity contribution >= 4 is 33.2 Å². The van der Waals surface area contributed by atoms with Gasteiger partial charge in [-0.3, -0.25) is 4.79 Å². The Morgan fingerprint density at radius 3 is 2.30 bits per heavy atom. The number of hydrogen-bond acceptors (Lipinski definition) is 3. The van der Waals surface area contributed by atoms with Crippen LogP contribution in [0.4, 0.5) is 5.69 Å². The Labute approximate surface area is 181 Å². The maximum absolute atomic E-state index is 12.9. The highest BCUT2D eigenvalue weighted by atomic mass is 35.5. The number of hydrogen-bond donors (Lipinski definition) is 1. The van der Waals surface area contributed by atoms with Gasteiger partial charge in [0.15, 0.2) is 0 Å². The maximum atomic E-state index is 12.9. The van der Waals surface area contributed by atoms with E-state index in [1.807, 2.05) is 54.6 Å². The Balaban J connectivity index is 1.64. The topological polar surface area (TPSA) is 66.5 Å². The van der Waals surface area contributed by atoms with Crippen LogP contribution >= 0.6 is 11.6 Å². The van der Waals surface area contributed by atoms with Gasteiger partial charge in [-0.2, -0.15) is 4.31 Å². The Kier molecular flexibility index (Phi) is 5.90. The highest BCUT2D eigenvalue weighted by molar-refractivity contribution is 7.89. The minimum absolute atomic E-state index is 0.0324. The van der Waals surface area contributed by atoms with E-state index in [1.165, 1.54) is 22.5 Å². The number of anilines is 1. The first kappa shape index (κ1) is 20.6. The van der Waals surface area contributed by atoms with Crippen molar-refractivity contribution < 1.29 is 13.2 Å². The van der Waals surface area contributed by atoms with Crippen LogP contribution in [-0.2, 0) is 10.0 Å². The third-order valence-corrected chi connectivity index (χ3v) is 7.52. The van der Waals surface area contributed by atoms with Crippen molar-refractivity contribution in [2.24, 2.45) is 0 Å². The molecular formula is C23H21ClN2O3S. The fourth-order valence-electron chi connectivity index (χ4n) is 3.57. The highest BCUT2D eigenvalue weighted by Crippen LogP contribution is 2.30. The number of halogens is 1. The summed E-state index contributed by atoms with van der Waals surface area (Å²) in [6.07, 6.45) is 1.65. The molecule has 154 valence electrons. The van der Waals surface area contributed by atoms with Gasteiger partial charge in [0.25, 0.3) is 5.91 Å². The molecule has 5 nitrogen and oxygen atoms in total. The third-order valence-electron chi connectivity index (χ3n) is 5.14. The van der Waals surface area contributed by atoms with Crippen LogP contribution in [0, 0.1) is 0 Å². The van der Waals surface area contributed by atoms with E-state index in [-0.39, 0.29) is 15.5 Å². The number of nitrogens with zero attached hydrogens (tertiary/aromatic N) is 1. The summed E-state index contributed by atoms with van der Waals surface area (Å²) in [6, 6.07) is 21.6. The van der Waals surface area contributed by atoms with Crippen molar-refractivity contribution in [1.29, 1.82) is 0 Å². The molecule has 1 aliphatic heterocycles. The van der Waals surface area contributed by atoms with Crippen LogP contribution in [-0.4, -0.2) is 31.7 Å².